The van der Waals surface area contributed by atoms with E-state index in [4.69, 9.17) is 14.2 Å². The Morgan fingerprint density at radius 3 is 1.88 bits per heavy atom. The molecule has 50 heavy (non-hydrogen) atoms. The van der Waals surface area contributed by atoms with E-state index in [0.29, 0.717) is 29.4 Å². The molecule has 0 bridgehead atoms. The van der Waals surface area contributed by atoms with Crippen LogP contribution in [0.3, 0.4) is 0 Å². The van der Waals surface area contributed by atoms with Crippen LogP contribution < -0.4 is 19.5 Å². The van der Waals surface area contributed by atoms with E-state index in [0.717, 1.165) is 29.7 Å². The minimum atomic E-state index is -1.16. The zero-order valence-corrected chi connectivity index (χ0v) is 28.6. The second-order valence-corrected chi connectivity index (χ2v) is 11.9. The Balaban J connectivity index is 1.26. The molecule has 0 atom stereocenters. The molecule has 2 N–H and O–H groups in total. The minimum absolute atomic E-state index is 0.0207. The van der Waals surface area contributed by atoms with Gasteiger partial charge in [0.1, 0.15) is 23.8 Å². The highest BCUT2D eigenvalue weighted by Gasteiger charge is 2.20. The van der Waals surface area contributed by atoms with Gasteiger partial charge < -0.3 is 29.5 Å². The van der Waals surface area contributed by atoms with Crippen molar-refractivity contribution < 1.29 is 38.5 Å². The molecule has 0 saturated carbocycles. The quantitative estimate of drug-likeness (QED) is 0.0609. The molecule has 0 aromatic heterocycles. The summed E-state index contributed by atoms with van der Waals surface area (Å²) in [4.78, 5) is 51.2. The van der Waals surface area contributed by atoms with Gasteiger partial charge in [-0.1, -0.05) is 69.0 Å². The van der Waals surface area contributed by atoms with E-state index in [9.17, 15) is 24.3 Å². The van der Waals surface area contributed by atoms with Crippen LogP contribution in [0.2, 0.25) is 0 Å². The van der Waals surface area contributed by atoms with Crippen molar-refractivity contribution in [2.24, 2.45) is 0 Å². The number of aliphatic carboxylic acids is 1. The third kappa shape index (κ3) is 12.4. The number of carbonyl (C=O) groups excluding carboxylic acids is 3. The Kier molecular flexibility index (Phi) is 14.4. The minimum Gasteiger partial charge on any atom is -0.497 e. The number of nitrogens with one attached hydrogen (secondary N) is 1. The molecule has 0 aliphatic carbocycles. The van der Waals surface area contributed by atoms with Crippen molar-refractivity contribution in [2.45, 2.75) is 58.4 Å². The molecule has 4 rings (SSSR count). The number of carboxylic acid groups (broad SMARTS) is 1. The number of rotatable bonds is 19. The summed E-state index contributed by atoms with van der Waals surface area (Å²) in [6.07, 6.45) is 6.10. The van der Waals surface area contributed by atoms with Crippen LogP contribution in [0.1, 0.15) is 66.1 Å². The highest BCUT2D eigenvalue weighted by atomic mass is 16.5. The number of amides is 2. The van der Waals surface area contributed by atoms with E-state index in [1.807, 2.05) is 36.4 Å². The van der Waals surface area contributed by atoms with E-state index in [1.54, 1.807) is 67.8 Å². The van der Waals surface area contributed by atoms with Gasteiger partial charge >= 0.3 is 11.9 Å². The molecular weight excluding hydrogens is 636 g/mol. The lowest BCUT2D eigenvalue weighted by Crippen LogP contribution is -2.35. The third-order valence-corrected chi connectivity index (χ3v) is 7.87. The summed E-state index contributed by atoms with van der Waals surface area (Å²) in [5.74, 6) is -0.486. The van der Waals surface area contributed by atoms with Gasteiger partial charge in [-0.25, -0.2) is 0 Å². The number of unbranched alkanes of at least 4 members (excludes halogenated alkanes) is 4. The molecule has 0 aliphatic rings. The number of anilines is 1. The maximum absolute atomic E-state index is 13.3. The summed E-state index contributed by atoms with van der Waals surface area (Å²) in [6.45, 7) is 2.37. The van der Waals surface area contributed by atoms with E-state index in [-0.39, 0.29) is 30.9 Å². The number of esters is 1. The van der Waals surface area contributed by atoms with Crippen molar-refractivity contribution >= 4 is 29.4 Å². The molecule has 0 fully saturated rings. The van der Waals surface area contributed by atoms with Gasteiger partial charge in [0.15, 0.2) is 0 Å². The van der Waals surface area contributed by atoms with Crippen LogP contribution in [0, 0.1) is 0 Å². The Morgan fingerprint density at radius 1 is 0.680 bits per heavy atom. The molecule has 4 aromatic carbocycles. The molecule has 0 spiro atoms. The predicted octanol–water partition coefficient (Wildman–Crippen LogP) is 7.10. The second kappa shape index (κ2) is 19.4. The number of nitrogens with zero attached hydrogens (tertiary/aromatic N) is 1. The van der Waals surface area contributed by atoms with Gasteiger partial charge in [-0.05, 0) is 83.8 Å². The van der Waals surface area contributed by atoms with Crippen LogP contribution in [0.15, 0.2) is 97.1 Å². The molecular formula is C40H44N2O8. The molecule has 2 amide bonds. The largest absolute Gasteiger partial charge is 0.497 e. The first-order valence-electron chi connectivity index (χ1n) is 16.8. The lowest BCUT2D eigenvalue weighted by Gasteiger charge is -2.21. The average Bonchev–Trinajstić information content (AvgIpc) is 3.11. The second-order valence-electron chi connectivity index (χ2n) is 11.9. The Hall–Kier alpha value is -5.64. The molecule has 10 nitrogen and oxygen atoms in total. The summed E-state index contributed by atoms with van der Waals surface area (Å²) < 4.78 is 16.4. The van der Waals surface area contributed by atoms with Gasteiger partial charge in [0.2, 0.25) is 5.91 Å². The highest BCUT2D eigenvalue weighted by molar-refractivity contribution is 5.97. The van der Waals surface area contributed by atoms with Crippen molar-refractivity contribution in [3.05, 3.63) is 119 Å². The van der Waals surface area contributed by atoms with E-state index in [1.165, 1.54) is 24.2 Å². The fourth-order valence-corrected chi connectivity index (χ4v) is 5.19. The summed E-state index contributed by atoms with van der Waals surface area (Å²) in [6, 6.07) is 27.4. The van der Waals surface area contributed by atoms with Crippen LogP contribution >= 0.6 is 0 Å². The SMILES string of the molecule is CCCCCCCOc1ccc(CC(=O)Oc2ccc(CN(CC(=O)O)C(=O)c3ccc(NC(=O)Cc4ccc(OC)cc4)cc3)cc2)cc1. The molecule has 0 saturated heterocycles. The van der Waals surface area contributed by atoms with Gasteiger partial charge in [-0.3, -0.25) is 19.2 Å². The molecule has 0 unspecified atom stereocenters. The third-order valence-electron chi connectivity index (χ3n) is 7.87. The molecule has 0 aliphatic heterocycles. The number of carbonyl (C=O) groups is 4. The Labute approximate surface area is 293 Å². The number of hydrogen-bond donors (Lipinski definition) is 2. The van der Waals surface area contributed by atoms with Crippen LogP contribution in [0.25, 0.3) is 0 Å². The zero-order chi connectivity index (χ0) is 35.7. The van der Waals surface area contributed by atoms with Crippen molar-refractivity contribution in [3.63, 3.8) is 0 Å². The zero-order valence-electron chi connectivity index (χ0n) is 28.6. The first-order chi connectivity index (χ1) is 24.2. The summed E-state index contributed by atoms with van der Waals surface area (Å²) in [7, 11) is 1.57. The normalized spacial score (nSPS) is 10.6. The van der Waals surface area contributed by atoms with Crippen molar-refractivity contribution in [1.29, 1.82) is 0 Å². The number of ether oxygens (including phenoxy) is 3. The van der Waals surface area contributed by atoms with E-state index < -0.39 is 24.4 Å². The molecule has 0 heterocycles. The predicted molar refractivity (Wildman–Crippen MR) is 191 cm³/mol. The number of hydrogen-bond acceptors (Lipinski definition) is 7. The van der Waals surface area contributed by atoms with Gasteiger partial charge in [-0.2, -0.15) is 0 Å². The van der Waals surface area contributed by atoms with E-state index >= 15 is 0 Å². The Bertz CT molecular complexity index is 1690. The van der Waals surface area contributed by atoms with Gasteiger partial charge in [0.05, 0.1) is 26.6 Å². The van der Waals surface area contributed by atoms with Gasteiger partial charge in [-0.15, -0.1) is 0 Å². The van der Waals surface area contributed by atoms with E-state index in [2.05, 4.69) is 12.2 Å². The van der Waals surface area contributed by atoms with Gasteiger partial charge in [0.25, 0.3) is 5.91 Å². The maximum atomic E-state index is 13.3. The first kappa shape index (κ1) is 37.2. The summed E-state index contributed by atoms with van der Waals surface area (Å²) in [5.41, 5.74) is 3.05. The monoisotopic (exact) mass is 680 g/mol. The summed E-state index contributed by atoms with van der Waals surface area (Å²) in [5, 5.41) is 12.3. The lowest BCUT2D eigenvalue weighted by molar-refractivity contribution is -0.138. The van der Waals surface area contributed by atoms with Crippen molar-refractivity contribution in [1.82, 2.24) is 4.90 Å². The summed E-state index contributed by atoms with van der Waals surface area (Å²) >= 11 is 0. The maximum Gasteiger partial charge on any atom is 0.323 e. The number of methoxy groups -OCH3 is 1. The first-order valence-corrected chi connectivity index (χ1v) is 16.8. The fourth-order valence-electron chi connectivity index (χ4n) is 5.19. The number of benzene rings is 4. The topological polar surface area (TPSA) is 131 Å². The fraction of sp³-hybridized carbons (Fsp3) is 0.300. The smallest absolute Gasteiger partial charge is 0.323 e. The highest BCUT2D eigenvalue weighted by Crippen LogP contribution is 2.19. The number of carboxylic acids is 1. The standard InChI is InChI=1S/C40H44N2O8/c1-3-4-5-6-7-24-49-35-20-10-30(11-21-35)26-39(46)50-36-22-12-31(13-23-36)27-42(28-38(44)45)40(47)32-14-16-33(17-15-32)41-37(43)25-29-8-18-34(48-2)19-9-29/h8-23H,3-7,24-28H2,1-2H3,(H,41,43)(H,44,45). The molecule has 0 radical (unpaired) electrons. The van der Waals surface area contributed by atoms with Crippen molar-refractivity contribution in [2.75, 3.05) is 25.6 Å². The molecule has 10 heteroatoms. The molecule has 262 valence electrons. The van der Waals surface area contributed by atoms with Gasteiger partial charge in [0, 0.05) is 17.8 Å². The van der Waals surface area contributed by atoms with Crippen molar-refractivity contribution in [3.8, 4) is 17.2 Å². The average molecular weight is 681 g/mol. The van der Waals surface area contributed by atoms with Crippen LogP contribution in [0.4, 0.5) is 5.69 Å². The van der Waals surface area contributed by atoms with Crippen LogP contribution in [-0.4, -0.2) is 54.0 Å². The Morgan fingerprint density at radius 2 is 1.26 bits per heavy atom. The van der Waals surface area contributed by atoms with Crippen LogP contribution in [-0.2, 0) is 33.8 Å². The van der Waals surface area contributed by atoms with Crippen LogP contribution in [0.5, 0.6) is 17.2 Å². The molecule has 4 aromatic rings. The lowest BCUT2D eigenvalue weighted by atomic mass is 10.1.